The van der Waals surface area contributed by atoms with Crippen LogP contribution < -0.4 is 10.6 Å². The first-order chi connectivity index (χ1) is 12.2. The van der Waals surface area contributed by atoms with Crippen molar-refractivity contribution in [3.63, 3.8) is 0 Å². The highest BCUT2D eigenvalue weighted by atomic mass is 32.1. The first-order valence-corrected chi connectivity index (χ1v) is 10.7. The number of fused-ring (bicyclic) bond motifs is 1. The van der Waals surface area contributed by atoms with Crippen LogP contribution in [0.1, 0.15) is 50.5 Å². The molecule has 1 spiro atoms. The average molecular weight is 353 g/mol. The Hall–Kier alpha value is -0.930. The van der Waals surface area contributed by atoms with Crippen molar-refractivity contribution in [2.75, 3.05) is 13.1 Å². The molecule has 5 fully saturated rings. The minimum absolute atomic E-state index is 0.298. The number of hydrogen-bond acceptors (Lipinski definition) is 2. The molecule has 3 heteroatoms. The molecule has 1 aromatic rings. The molecule has 1 saturated heterocycles. The topological polar surface area (TPSA) is 24.1 Å². The highest BCUT2D eigenvalue weighted by Crippen LogP contribution is 2.89. The minimum atomic E-state index is 0.298. The smallest absolute Gasteiger partial charge is 0.0818 e. The minimum Gasteiger partial charge on any atom is -0.376 e. The summed E-state index contributed by atoms with van der Waals surface area (Å²) in [6, 6.07) is 12.0. The van der Waals surface area contributed by atoms with E-state index in [0.29, 0.717) is 22.3 Å². The van der Waals surface area contributed by atoms with E-state index in [0.717, 1.165) is 24.9 Å². The van der Waals surface area contributed by atoms with Gasteiger partial charge in [0.15, 0.2) is 0 Å². The van der Waals surface area contributed by atoms with Gasteiger partial charge in [-0.25, -0.2) is 0 Å². The van der Waals surface area contributed by atoms with Gasteiger partial charge in [-0.3, -0.25) is 0 Å². The van der Waals surface area contributed by atoms with Gasteiger partial charge in [-0.2, -0.15) is 0 Å². The van der Waals surface area contributed by atoms with Crippen molar-refractivity contribution in [2.24, 2.45) is 22.7 Å². The van der Waals surface area contributed by atoms with Gasteiger partial charge in [-0.15, -0.1) is 0 Å². The van der Waals surface area contributed by atoms with Crippen LogP contribution >= 0.6 is 12.2 Å². The van der Waals surface area contributed by atoms with Crippen molar-refractivity contribution >= 4 is 17.2 Å². The number of piperidine rings is 1. The molecule has 5 unspecified atom stereocenters. The maximum Gasteiger partial charge on any atom is 0.0818 e. The maximum absolute atomic E-state index is 6.10. The van der Waals surface area contributed by atoms with Crippen LogP contribution in [0.5, 0.6) is 0 Å². The summed E-state index contributed by atoms with van der Waals surface area (Å²) in [6.45, 7) is 2.27. The van der Waals surface area contributed by atoms with Gasteiger partial charge >= 0.3 is 0 Å². The van der Waals surface area contributed by atoms with Gasteiger partial charge in [0.1, 0.15) is 0 Å². The molecule has 2 nitrogen and oxygen atoms in total. The van der Waals surface area contributed by atoms with E-state index in [1.165, 1.54) is 49.9 Å². The molecule has 6 rings (SSSR count). The molecule has 0 amide bonds. The Morgan fingerprint density at radius 1 is 1.04 bits per heavy atom. The molecule has 1 aliphatic heterocycles. The molecular formula is C22H28N2S. The molecular weight excluding hydrogens is 324 g/mol. The van der Waals surface area contributed by atoms with Gasteiger partial charge in [0.2, 0.25) is 0 Å². The van der Waals surface area contributed by atoms with Gasteiger partial charge in [-0.1, -0.05) is 42.5 Å². The lowest BCUT2D eigenvalue weighted by Crippen LogP contribution is -2.69. The normalized spacial score (nSPS) is 46.9. The molecule has 5 aliphatic rings. The SMILES string of the molecule is S=C(NC1CCNCC1)C12CC3CC4CC(c5ccccc5)(C1)C34C2. The van der Waals surface area contributed by atoms with Crippen LogP contribution in [0.25, 0.3) is 0 Å². The summed E-state index contributed by atoms with van der Waals surface area (Å²) >= 11 is 6.10. The van der Waals surface area contributed by atoms with Crippen molar-refractivity contribution in [3.05, 3.63) is 35.9 Å². The number of nitrogens with one attached hydrogen (secondary N) is 2. The van der Waals surface area contributed by atoms with E-state index in [9.17, 15) is 0 Å². The molecule has 0 radical (unpaired) electrons. The van der Waals surface area contributed by atoms with Gasteiger partial charge in [-0.05, 0) is 80.8 Å². The average Bonchev–Trinajstić information content (AvgIpc) is 3.09. The lowest BCUT2D eigenvalue weighted by molar-refractivity contribution is -0.199. The van der Waals surface area contributed by atoms with E-state index >= 15 is 0 Å². The molecule has 0 aromatic heterocycles. The van der Waals surface area contributed by atoms with Gasteiger partial charge in [0.25, 0.3) is 0 Å². The summed E-state index contributed by atoms with van der Waals surface area (Å²) in [5, 5.41) is 7.31. The van der Waals surface area contributed by atoms with Crippen molar-refractivity contribution < 1.29 is 0 Å². The molecule has 1 heterocycles. The molecule has 4 aliphatic carbocycles. The monoisotopic (exact) mass is 352 g/mol. The van der Waals surface area contributed by atoms with Gasteiger partial charge in [0, 0.05) is 16.9 Å². The highest BCUT2D eigenvalue weighted by Gasteiger charge is 2.84. The Balaban J connectivity index is 1.33. The quantitative estimate of drug-likeness (QED) is 0.809. The zero-order valence-electron chi connectivity index (χ0n) is 14.9. The lowest BCUT2D eigenvalue weighted by atomic mass is 9.30. The van der Waals surface area contributed by atoms with Crippen LogP contribution in [0, 0.1) is 22.7 Å². The second-order valence-electron chi connectivity index (χ2n) is 9.66. The number of hydrogen-bond donors (Lipinski definition) is 2. The molecule has 4 saturated carbocycles. The third-order valence-electron chi connectivity index (χ3n) is 8.90. The van der Waals surface area contributed by atoms with Crippen LogP contribution in [-0.2, 0) is 5.41 Å². The first kappa shape index (κ1) is 15.2. The van der Waals surface area contributed by atoms with Crippen molar-refractivity contribution in [1.82, 2.24) is 10.6 Å². The van der Waals surface area contributed by atoms with E-state index in [-0.39, 0.29) is 0 Å². The third-order valence-corrected chi connectivity index (χ3v) is 9.45. The van der Waals surface area contributed by atoms with Crippen LogP contribution in [0.4, 0.5) is 0 Å². The first-order valence-electron chi connectivity index (χ1n) is 10.3. The van der Waals surface area contributed by atoms with Crippen molar-refractivity contribution in [2.45, 2.75) is 56.4 Å². The van der Waals surface area contributed by atoms with Crippen LogP contribution in [-0.4, -0.2) is 24.1 Å². The highest BCUT2D eigenvalue weighted by molar-refractivity contribution is 7.80. The Labute approximate surface area is 156 Å². The van der Waals surface area contributed by atoms with Gasteiger partial charge in [0.05, 0.1) is 4.99 Å². The Kier molecular flexibility index (Phi) is 2.95. The standard InChI is InChI=1S/C22H28N2S/c25-19(24-18-6-8-23-9-7-18)20-11-16-10-17-12-21(13-20,22(16,17)14-20)15-4-2-1-3-5-15/h1-5,16-18,23H,6-14H2,(H,24,25). The fourth-order valence-electron chi connectivity index (χ4n) is 8.04. The van der Waals surface area contributed by atoms with Crippen LogP contribution in [0.3, 0.4) is 0 Å². The van der Waals surface area contributed by atoms with Gasteiger partial charge < -0.3 is 10.6 Å². The van der Waals surface area contributed by atoms with E-state index in [2.05, 4.69) is 41.0 Å². The lowest BCUT2D eigenvalue weighted by Gasteiger charge is -2.73. The fourth-order valence-corrected chi connectivity index (χ4v) is 8.44. The third kappa shape index (κ3) is 1.68. The van der Waals surface area contributed by atoms with Crippen LogP contribution in [0.15, 0.2) is 30.3 Å². The van der Waals surface area contributed by atoms with Crippen molar-refractivity contribution in [1.29, 1.82) is 0 Å². The predicted octanol–water partition coefficient (Wildman–Crippen LogP) is 3.80. The molecule has 5 atom stereocenters. The molecule has 2 N–H and O–H groups in total. The van der Waals surface area contributed by atoms with E-state index in [1.807, 2.05) is 0 Å². The summed E-state index contributed by atoms with van der Waals surface area (Å²) in [6.07, 6.45) is 9.40. The Bertz CT molecular complexity index is 727. The summed E-state index contributed by atoms with van der Waals surface area (Å²) in [7, 11) is 0. The maximum atomic E-state index is 6.10. The predicted molar refractivity (Wildman–Crippen MR) is 105 cm³/mol. The van der Waals surface area contributed by atoms with Crippen LogP contribution in [0.2, 0.25) is 0 Å². The number of rotatable bonds is 3. The summed E-state index contributed by atoms with van der Waals surface area (Å²) in [5.74, 6) is 1.93. The fraction of sp³-hybridized carbons (Fsp3) is 0.682. The zero-order chi connectivity index (χ0) is 16.7. The second kappa shape index (κ2) is 4.86. The largest absolute Gasteiger partial charge is 0.376 e. The van der Waals surface area contributed by atoms with Crippen molar-refractivity contribution in [3.8, 4) is 0 Å². The van der Waals surface area contributed by atoms with E-state index in [1.54, 1.807) is 5.56 Å². The summed E-state index contributed by atoms with van der Waals surface area (Å²) in [5.41, 5.74) is 2.96. The summed E-state index contributed by atoms with van der Waals surface area (Å²) < 4.78 is 0. The summed E-state index contributed by atoms with van der Waals surface area (Å²) in [4.78, 5) is 1.23. The zero-order valence-corrected chi connectivity index (χ0v) is 15.7. The molecule has 2 bridgehead atoms. The molecule has 1 aromatic carbocycles. The Morgan fingerprint density at radius 3 is 2.56 bits per heavy atom. The Morgan fingerprint density at radius 2 is 1.80 bits per heavy atom. The van der Waals surface area contributed by atoms with E-state index < -0.39 is 0 Å². The molecule has 25 heavy (non-hydrogen) atoms. The number of thiocarbonyl (C=S) groups is 1. The second-order valence-corrected chi connectivity index (χ2v) is 10.1. The van der Waals surface area contributed by atoms with E-state index in [4.69, 9.17) is 12.2 Å². The number of benzene rings is 1. The molecule has 132 valence electrons.